The van der Waals surface area contributed by atoms with E-state index in [0.29, 0.717) is 11.4 Å². The van der Waals surface area contributed by atoms with E-state index in [2.05, 4.69) is 20.0 Å². The van der Waals surface area contributed by atoms with Crippen LogP contribution in [-0.4, -0.2) is 33.0 Å². The summed E-state index contributed by atoms with van der Waals surface area (Å²) >= 11 is 0. The molecule has 1 radical (unpaired) electrons. The minimum atomic E-state index is -0.0709. The average molecular weight is 560 g/mol. The van der Waals surface area contributed by atoms with Gasteiger partial charge in [-0.25, -0.2) is 9.98 Å². The molecule has 6 nitrogen and oxygen atoms in total. The van der Waals surface area contributed by atoms with Gasteiger partial charge in [-0.2, -0.15) is 0 Å². The molecule has 0 amide bonds. The Morgan fingerprint density at radius 2 is 0.923 bits per heavy atom. The minimum Gasteiger partial charge on any atom is -0.288 e. The van der Waals surface area contributed by atoms with Crippen LogP contribution in [0.5, 0.6) is 0 Å². The van der Waals surface area contributed by atoms with Crippen LogP contribution in [0.1, 0.15) is 43.2 Å². The van der Waals surface area contributed by atoms with E-state index in [0.717, 1.165) is 33.9 Å². The van der Waals surface area contributed by atoms with Crippen LogP contribution in [0.15, 0.2) is 119 Å². The fourth-order valence-electron chi connectivity index (χ4n) is 3.98. The predicted molar refractivity (Wildman–Crippen MR) is 150 cm³/mol. The third kappa shape index (κ3) is 6.47. The Labute approximate surface area is 237 Å². The van der Waals surface area contributed by atoms with Crippen molar-refractivity contribution in [1.82, 2.24) is 9.97 Å². The third-order valence-electron chi connectivity index (χ3n) is 5.99. The zero-order valence-electron chi connectivity index (χ0n) is 21.3. The van der Waals surface area contributed by atoms with E-state index < -0.39 is 0 Å². The summed E-state index contributed by atoms with van der Waals surface area (Å²) in [4.78, 5) is 40.8. The third-order valence-corrected chi connectivity index (χ3v) is 5.99. The van der Waals surface area contributed by atoms with Crippen molar-refractivity contribution in [3.05, 3.63) is 143 Å². The molecule has 0 aliphatic heterocycles. The van der Waals surface area contributed by atoms with Gasteiger partial charge >= 0.3 is 0 Å². The molecule has 0 N–H and O–H groups in total. The number of fused-ring (bicyclic) bond motifs is 2. The number of pyridine rings is 2. The number of carbonyl (C=O) groups is 2. The number of rotatable bonds is 2. The van der Waals surface area contributed by atoms with Gasteiger partial charge in [0.05, 0.1) is 22.8 Å². The summed E-state index contributed by atoms with van der Waals surface area (Å²) in [6.45, 7) is 4.07. The summed E-state index contributed by atoms with van der Waals surface area (Å²) in [6.07, 6.45) is 9.77. The first-order valence-electron chi connectivity index (χ1n) is 12.1. The number of allylic oxidation sites excluding steroid dienone is 4. The zero-order valence-corrected chi connectivity index (χ0v) is 22.2. The van der Waals surface area contributed by atoms with Crippen molar-refractivity contribution in [2.75, 3.05) is 0 Å². The number of hydrogen-bond acceptors (Lipinski definition) is 6. The first-order valence-corrected chi connectivity index (χ1v) is 12.1. The quantitative estimate of drug-likeness (QED) is 0.261. The molecule has 0 saturated carbocycles. The summed E-state index contributed by atoms with van der Waals surface area (Å²) < 4.78 is 0. The van der Waals surface area contributed by atoms with Crippen molar-refractivity contribution < 1.29 is 26.7 Å². The Bertz CT molecular complexity index is 1530. The van der Waals surface area contributed by atoms with Crippen LogP contribution >= 0.6 is 0 Å². The topological polar surface area (TPSA) is 84.6 Å². The first-order chi connectivity index (χ1) is 18.5. The second-order valence-corrected chi connectivity index (χ2v) is 8.86. The van der Waals surface area contributed by atoms with E-state index in [4.69, 9.17) is 0 Å². The number of hydrogen-bond donors (Lipinski definition) is 0. The van der Waals surface area contributed by atoms with Crippen molar-refractivity contribution in [3.8, 4) is 0 Å². The first kappa shape index (κ1) is 27.5. The Hall–Kier alpha value is -4.58. The SMILES string of the molecule is Cc1ccc(N=C2C=CC(=O)c3ncccc32)cc1.Cc1ccc(N=C2C=CC(=O)c3ncccc32)cc1.[Cu]. The molecule has 6 rings (SSSR count). The number of nitrogens with zero attached hydrogens (tertiary/aromatic N) is 4. The molecule has 0 atom stereocenters. The summed E-state index contributed by atoms with van der Waals surface area (Å²) in [5, 5.41) is 0. The number of aryl methyl sites for hydroxylation is 2. The molecule has 2 aromatic carbocycles. The molecule has 2 aromatic heterocycles. The summed E-state index contributed by atoms with van der Waals surface area (Å²) in [5.41, 5.74) is 8.18. The summed E-state index contributed by atoms with van der Waals surface area (Å²) in [6, 6.07) is 23.3. The predicted octanol–water partition coefficient (Wildman–Crippen LogP) is 6.52. The fraction of sp³-hybridized carbons (Fsp3) is 0.0625. The van der Waals surface area contributed by atoms with Crippen LogP contribution in [0.4, 0.5) is 11.4 Å². The standard InChI is InChI=1S/2C16H12N2O.Cu/c2*1-11-4-6-12(7-5-11)18-14-8-9-15(19)16-13(14)3-2-10-17-16;/h2*2-10H,1H3;. The zero-order chi connectivity index (χ0) is 26.5. The molecule has 0 spiro atoms. The number of aromatic nitrogens is 2. The second kappa shape index (κ2) is 12.3. The van der Waals surface area contributed by atoms with Crippen LogP contribution in [-0.2, 0) is 17.1 Å². The Kier molecular flexibility index (Phi) is 8.66. The molecule has 39 heavy (non-hydrogen) atoms. The van der Waals surface area contributed by atoms with Crippen molar-refractivity contribution >= 4 is 34.4 Å². The normalized spacial score (nSPS) is 15.2. The van der Waals surface area contributed by atoms with Gasteiger partial charge in [0.25, 0.3) is 0 Å². The number of ketones is 2. The van der Waals surface area contributed by atoms with Crippen molar-refractivity contribution in [3.63, 3.8) is 0 Å². The summed E-state index contributed by atoms with van der Waals surface area (Å²) in [7, 11) is 0. The van der Waals surface area contributed by atoms with Gasteiger partial charge < -0.3 is 0 Å². The maximum atomic E-state index is 11.7. The summed E-state index contributed by atoms with van der Waals surface area (Å²) in [5.74, 6) is -0.142. The van der Waals surface area contributed by atoms with Crippen molar-refractivity contribution in [1.29, 1.82) is 0 Å². The van der Waals surface area contributed by atoms with Crippen LogP contribution < -0.4 is 0 Å². The molecule has 0 saturated heterocycles. The van der Waals surface area contributed by atoms with Gasteiger partial charge in [0.2, 0.25) is 11.6 Å². The van der Waals surface area contributed by atoms with E-state index in [1.54, 1.807) is 24.5 Å². The smallest absolute Gasteiger partial charge is 0.204 e. The van der Waals surface area contributed by atoms with E-state index in [9.17, 15) is 9.59 Å². The molecule has 2 aliphatic carbocycles. The Morgan fingerprint density at radius 3 is 1.31 bits per heavy atom. The molecule has 0 bridgehead atoms. The maximum Gasteiger partial charge on any atom is 0.204 e. The molecule has 2 heterocycles. The van der Waals surface area contributed by atoms with E-state index in [-0.39, 0.29) is 28.6 Å². The van der Waals surface area contributed by atoms with E-state index in [1.807, 2.05) is 86.6 Å². The monoisotopic (exact) mass is 559 g/mol. The van der Waals surface area contributed by atoms with Gasteiger partial charge in [0.1, 0.15) is 11.4 Å². The number of benzene rings is 2. The molecule has 195 valence electrons. The Balaban J connectivity index is 0.000000176. The molecule has 2 aliphatic rings. The molecular formula is C32H24CuN4O2. The van der Waals surface area contributed by atoms with Crippen LogP contribution in [0.2, 0.25) is 0 Å². The second-order valence-electron chi connectivity index (χ2n) is 8.86. The van der Waals surface area contributed by atoms with E-state index >= 15 is 0 Å². The number of aliphatic imine (C=N–C) groups is 2. The molecular weight excluding hydrogens is 536 g/mol. The molecule has 0 unspecified atom stereocenters. The molecule has 0 fully saturated rings. The average Bonchev–Trinajstić information content (AvgIpc) is 2.95. The van der Waals surface area contributed by atoms with Gasteiger partial charge in [-0.3, -0.25) is 19.6 Å². The van der Waals surface area contributed by atoms with E-state index in [1.165, 1.54) is 23.3 Å². The van der Waals surface area contributed by atoms with Gasteiger partial charge in [-0.05, 0) is 86.7 Å². The van der Waals surface area contributed by atoms with Crippen LogP contribution in [0, 0.1) is 13.8 Å². The minimum absolute atomic E-state index is 0. The molecule has 4 aromatic rings. The van der Waals surface area contributed by atoms with Crippen molar-refractivity contribution in [2.24, 2.45) is 9.98 Å². The van der Waals surface area contributed by atoms with Gasteiger partial charge in [0, 0.05) is 40.6 Å². The number of carbonyl (C=O) groups excluding carboxylic acids is 2. The van der Waals surface area contributed by atoms with Crippen LogP contribution in [0.25, 0.3) is 0 Å². The fourth-order valence-corrected chi connectivity index (χ4v) is 3.98. The Morgan fingerprint density at radius 1 is 0.538 bits per heavy atom. The van der Waals surface area contributed by atoms with Gasteiger partial charge in [0.15, 0.2) is 0 Å². The maximum absolute atomic E-state index is 11.7. The van der Waals surface area contributed by atoms with Crippen LogP contribution in [0.3, 0.4) is 0 Å². The van der Waals surface area contributed by atoms with Gasteiger partial charge in [-0.15, -0.1) is 0 Å². The van der Waals surface area contributed by atoms with Gasteiger partial charge in [-0.1, -0.05) is 35.4 Å². The van der Waals surface area contributed by atoms with Crippen molar-refractivity contribution in [2.45, 2.75) is 13.8 Å². The molecule has 7 heteroatoms. The largest absolute Gasteiger partial charge is 0.288 e.